The maximum absolute atomic E-state index is 5.53. The van der Waals surface area contributed by atoms with E-state index in [1.807, 2.05) is 0 Å². The van der Waals surface area contributed by atoms with Crippen LogP contribution in [0.25, 0.3) is 0 Å². The molecule has 0 bridgehead atoms. The van der Waals surface area contributed by atoms with Crippen LogP contribution in [0.15, 0.2) is 12.2 Å². The van der Waals surface area contributed by atoms with Crippen LogP contribution in [0.2, 0.25) is 0 Å². The molecule has 76 valence electrons. The molecular formula is C11H21NO. The molecule has 0 aliphatic carbocycles. The zero-order chi connectivity index (χ0) is 10.0. The van der Waals surface area contributed by atoms with Crippen molar-refractivity contribution in [2.75, 3.05) is 20.7 Å². The first-order chi connectivity index (χ1) is 6.06. The molecule has 1 aliphatic rings. The lowest BCUT2D eigenvalue weighted by Crippen LogP contribution is -2.40. The Labute approximate surface area is 81.6 Å². The number of likely N-dealkylation sites (tertiary alicyclic amines) is 1. The predicted molar refractivity (Wildman–Crippen MR) is 55.8 cm³/mol. The van der Waals surface area contributed by atoms with Crippen molar-refractivity contribution in [3.8, 4) is 0 Å². The van der Waals surface area contributed by atoms with Gasteiger partial charge in [0.2, 0.25) is 0 Å². The third-order valence-corrected chi connectivity index (χ3v) is 2.85. The van der Waals surface area contributed by atoms with E-state index in [0.717, 1.165) is 13.0 Å². The van der Waals surface area contributed by atoms with E-state index in [-0.39, 0.29) is 0 Å². The highest BCUT2D eigenvalue weighted by atomic mass is 16.5. The summed E-state index contributed by atoms with van der Waals surface area (Å²) >= 11 is 0. The van der Waals surface area contributed by atoms with Crippen LogP contribution >= 0.6 is 0 Å². The van der Waals surface area contributed by atoms with Crippen molar-refractivity contribution in [1.82, 2.24) is 4.90 Å². The summed E-state index contributed by atoms with van der Waals surface area (Å²) in [7, 11) is 3.96. The molecule has 2 unspecified atom stereocenters. The average molecular weight is 183 g/mol. The molecule has 0 spiro atoms. The number of hydrogen-bond donors (Lipinski definition) is 0. The minimum absolute atomic E-state index is 0.337. The molecule has 1 rings (SSSR count). The lowest BCUT2D eigenvalue weighted by molar-refractivity contribution is 0.00818. The van der Waals surface area contributed by atoms with Crippen molar-refractivity contribution < 1.29 is 4.74 Å². The van der Waals surface area contributed by atoms with Crippen LogP contribution in [-0.4, -0.2) is 37.7 Å². The van der Waals surface area contributed by atoms with E-state index in [1.54, 1.807) is 7.11 Å². The SMILES string of the molecule is C=C1CC(C(OC)C(C)C)N(C)C1. The molecule has 0 aromatic heterocycles. The molecular weight excluding hydrogens is 162 g/mol. The van der Waals surface area contributed by atoms with Crippen molar-refractivity contribution in [2.24, 2.45) is 5.92 Å². The van der Waals surface area contributed by atoms with Gasteiger partial charge in [0.25, 0.3) is 0 Å². The Morgan fingerprint density at radius 2 is 2.15 bits per heavy atom. The van der Waals surface area contributed by atoms with E-state index in [0.29, 0.717) is 18.1 Å². The molecule has 13 heavy (non-hydrogen) atoms. The number of methoxy groups -OCH3 is 1. The number of likely N-dealkylation sites (N-methyl/N-ethyl adjacent to an activating group) is 1. The minimum Gasteiger partial charge on any atom is -0.380 e. The molecule has 2 atom stereocenters. The van der Waals surface area contributed by atoms with Gasteiger partial charge in [-0.1, -0.05) is 26.0 Å². The van der Waals surface area contributed by atoms with Gasteiger partial charge in [-0.05, 0) is 19.4 Å². The Kier molecular flexibility index (Phi) is 3.51. The first-order valence-electron chi connectivity index (χ1n) is 4.96. The lowest BCUT2D eigenvalue weighted by atomic mass is 9.97. The lowest BCUT2D eigenvalue weighted by Gasteiger charge is -2.30. The summed E-state index contributed by atoms with van der Waals surface area (Å²) in [4.78, 5) is 2.34. The number of rotatable bonds is 3. The molecule has 1 heterocycles. The monoisotopic (exact) mass is 183 g/mol. The fraction of sp³-hybridized carbons (Fsp3) is 0.818. The highest BCUT2D eigenvalue weighted by Gasteiger charge is 2.32. The standard InChI is InChI=1S/C11H21NO/c1-8(2)11(13-5)10-6-9(3)7-12(10)4/h8,10-11H,3,6-7H2,1-2,4-5H3. The Morgan fingerprint density at radius 1 is 1.54 bits per heavy atom. The Bertz CT molecular complexity index is 189. The summed E-state index contributed by atoms with van der Waals surface area (Å²) in [6, 6.07) is 0.525. The zero-order valence-electron chi connectivity index (χ0n) is 9.21. The number of nitrogens with zero attached hydrogens (tertiary/aromatic N) is 1. The van der Waals surface area contributed by atoms with Crippen LogP contribution in [0.4, 0.5) is 0 Å². The summed E-state index contributed by atoms with van der Waals surface area (Å²) in [6.07, 6.45) is 1.43. The minimum atomic E-state index is 0.337. The van der Waals surface area contributed by atoms with Crippen LogP contribution in [0, 0.1) is 5.92 Å². The van der Waals surface area contributed by atoms with Gasteiger partial charge in [0.05, 0.1) is 6.10 Å². The third-order valence-electron chi connectivity index (χ3n) is 2.85. The first kappa shape index (κ1) is 10.7. The van der Waals surface area contributed by atoms with Crippen molar-refractivity contribution in [2.45, 2.75) is 32.4 Å². The molecule has 1 saturated heterocycles. The molecule has 0 radical (unpaired) electrons. The summed E-state index contributed by atoms with van der Waals surface area (Å²) in [6.45, 7) is 9.48. The summed E-state index contributed by atoms with van der Waals surface area (Å²) in [5.41, 5.74) is 1.33. The molecule has 0 N–H and O–H groups in total. The van der Waals surface area contributed by atoms with Gasteiger partial charge in [0.1, 0.15) is 0 Å². The first-order valence-corrected chi connectivity index (χ1v) is 4.96. The second-order valence-corrected chi connectivity index (χ2v) is 4.38. The van der Waals surface area contributed by atoms with Gasteiger partial charge in [-0.3, -0.25) is 4.90 Å². The topological polar surface area (TPSA) is 12.5 Å². The highest BCUT2D eigenvalue weighted by Crippen LogP contribution is 2.26. The third kappa shape index (κ3) is 2.32. The van der Waals surface area contributed by atoms with Crippen LogP contribution in [-0.2, 0) is 4.74 Å². The van der Waals surface area contributed by atoms with E-state index < -0.39 is 0 Å². The van der Waals surface area contributed by atoms with Crippen molar-refractivity contribution in [3.05, 3.63) is 12.2 Å². The van der Waals surface area contributed by atoms with Crippen molar-refractivity contribution >= 4 is 0 Å². The quantitative estimate of drug-likeness (QED) is 0.620. The van der Waals surface area contributed by atoms with E-state index >= 15 is 0 Å². The normalized spacial score (nSPS) is 27.2. The van der Waals surface area contributed by atoms with Gasteiger partial charge in [-0.25, -0.2) is 0 Å². The van der Waals surface area contributed by atoms with E-state index in [1.165, 1.54) is 5.57 Å². The molecule has 0 saturated carbocycles. The molecule has 2 nitrogen and oxygen atoms in total. The van der Waals surface area contributed by atoms with E-state index in [4.69, 9.17) is 4.74 Å². The van der Waals surface area contributed by atoms with Crippen LogP contribution in [0.1, 0.15) is 20.3 Å². The van der Waals surface area contributed by atoms with Gasteiger partial charge >= 0.3 is 0 Å². The fourth-order valence-electron chi connectivity index (χ4n) is 2.23. The van der Waals surface area contributed by atoms with Gasteiger partial charge in [-0.2, -0.15) is 0 Å². The molecule has 1 aliphatic heterocycles. The maximum Gasteiger partial charge on any atom is 0.0752 e. The van der Waals surface area contributed by atoms with Gasteiger partial charge in [0, 0.05) is 19.7 Å². The van der Waals surface area contributed by atoms with Gasteiger partial charge < -0.3 is 4.74 Å². The zero-order valence-corrected chi connectivity index (χ0v) is 9.21. The molecule has 2 heteroatoms. The Hall–Kier alpha value is -0.340. The van der Waals surface area contributed by atoms with Gasteiger partial charge in [0.15, 0.2) is 0 Å². The van der Waals surface area contributed by atoms with E-state index in [9.17, 15) is 0 Å². The fourth-order valence-corrected chi connectivity index (χ4v) is 2.23. The molecule has 1 fully saturated rings. The largest absolute Gasteiger partial charge is 0.380 e. The van der Waals surface area contributed by atoms with Crippen molar-refractivity contribution in [1.29, 1.82) is 0 Å². The summed E-state index contributed by atoms with van der Waals surface area (Å²) < 4.78 is 5.53. The second kappa shape index (κ2) is 4.25. The molecule has 0 aromatic carbocycles. The number of hydrogen-bond acceptors (Lipinski definition) is 2. The summed E-state index contributed by atoms with van der Waals surface area (Å²) in [5, 5.41) is 0. The Morgan fingerprint density at radius 3 is 2.46 bits per heavy atom. The van der Waals surface area contributed by atoms with Gasteiger partial charge in [-0.15, -0.1) is 0 Å². The second-order valence-electron chi connectivity index (χ2n) is 4.38. The van der Waals surface area contributed by atoms with Crippen LogP contribution in [0.5, 0.6) is 0 Å². The Balaban J connectivity index is 2.63. The summed E-state index contributed by atoms with van der Waals surface area (Å²) in [5.74, 6) is 0.573. The predicted octanol–water partition coefficient (Wildman–Crippen LogP) is 1.92. The molecule has 0 aromatic rings. The van der Waals surface area contributed by atoms with Crippen LogP contribution in [0.3, 0.4) is 0 Å². The van der Waals surface area contributed by atoms with Crippen molar-refractivity contribution in [3.63, 3.8) is 0 Å². The average Bonchev–Trinajstić information content (AvgIpc) is 2.31. The van der Waals surface area contributed by atoms with E-state index in [2.05, 4.69) is 32.4 Å². The van der Waals surface area contributed by atoms with Crippen LogP contribution < -0.4 is 0 Å². The maximum atomic E-state index is 5.53. The smallest absolute Gasteiger partial charge is 0.0752 e. The molecule has 0 amide bonds. The number of ether oxygens (including phenoxy) is 1. The highest BCUT2D eigenvalue weighted by molar-refractivity contribution is 5.09.